The molecule has 18 heavy (non-hydrogen) atoms. The molecule has 1 nitrogen and oxygen atoms in total. The lowest BCUT2D eigenvalue weighted by molar-refractivity contribution is 0.466. The van der Waals surface area contributed by atoms with E-state index in [0.29, 0.717) is 0 Å². The van der Waals surface area contributed by atoms with Crippen molar-refractivity contribution in [1.82, 2.24) is 0 Å². The molecule has 98 valence electrons. The smallest absolute Gasteiger partial charge is 0.0376 e. The molecule has 2 aliphatic rings. The lowest BCUT2D eigenvalue weighted by atomic mass is 9.95. The van der Waals surface area contributed by atoms with E-state index < -0.39 is 0 Å². The van der Waals surface area contributed by atoms with E-state index in [4.69, 9.17) is 0 Å². The van der Waals surface area contributed by atoms with Gasteiger partial charge in [0.15, 0.2) is 0 Å². The van der Waals surface area contributed by atoms with Crippen LogP contribution in [-0.2, 0) is 12.8 Å². The second-order valence-electron chi connectivity index (χ2n) is 6.09. The van der Waals surface area contributed by atoms with Gasteiger partial charge in [0.05, 0.1) is 0 Å². The molecule has 1 heteroatoms. The van der Waals surface area contributed by atoms with E-state index in [9.17, 15) is 0 Å². The molecular weight excluding hydrogens is 218 g/mol. The predicted molar refractivity (Wildman–Crippen MR) is 78.1 cm³/mol. The summed E-state index contributed by atoms with van der Waals surface area (Å²) in [6, 6.07) is 7.81. The highest BCUT2D eigenvalue weighted by molar-refractivity contribution is 5.58. The van der Waals surface area contributed by atoms with Crippen LogP contribution in [0.4, 0.5) is 5.69 Å². The number of aryl methyl sites for hydroxylation is 1. The fraction of sp³-hybridized carbons (Fsp3) is 0.647. The van der Waals surface area contributed by atoms with Gasteiger partial charge >= 0.3 is 0 Å². The van der Waals surface area contributed by atoms with Gasteiger partial charge in [-0.2, -0.15) is 0 Å². The van der Waals surface area contributed by atoms with Gasteiger partial charge in [-0.1, -0.05) is 38.3 Å². The van der Waals surface area contributed by atoms with Crippen molar-refractivity contribution in [2.24, 2.45) is 5.92 Å². The zero-order valence-corrected chi connectivity index (χ0v) is 11.5. The highest BCUT2D eigenvalue weighted by Crippen LogP contribution is 2.36. The van der Waals surface area contributed by atoms with Crippen molar-refractivity contribution in [2.45, 2.75) is 64.3 Å². The molecule has 0 amide bonds. The van der Waals surface area contributed by atoms with Crippen molar-refractivity contribution in [3.63, 3.8) is 0 Å². The van der Waals surface area contributed by atoms with Gasteiger partial charge in [-0.3, -0.25) is 0 Å². The molecule has 0 spiro atoms. The van der Waals surface area contributed by atoms with Crippen LogP contribution in [0.5, 0.6) is 0 Å². The molecule has 1 atom stereocenters. The Hall–Kier alpha value is -0.980. The Morgan fingerprint density at radius 3 is 2.83 bits per heavy atom. The van der Waals surface area contributed by atoms with Crippen LogP contribution in [0, 0.1) is 5.92 Å². The van der Waals surface area contributed by atoms with Gasteiger partial charge in [0, 0.05) is 11.7 Å². The van der Waals surface area contributed by atoms with E-state index in [2.05, 4.69) is 30.4 Å². The number of rotatable bonds is 4. The Balaban J connectivity index is 1.68. The normalized spacial score (nSPS) is 23.1. The van der Waals surface area contributed by atoms with E-state index >= 15 is 0 Å². The third-order valence-corrected chi connectivity index (χ3v) is 4.74. The van der Waals surface area contributed by atoms with Crippen LogP contribution in [0.3, 0.4) is 0 Å². The fourth-order valence-electron chi connectivity index (χ4n) is 3.63. The predicted octanol–water partition coefficient (Wildman–Crippen LogP) is 4.56. The number of hydrogen-bond acceptors (Lipinski definition) is 1. The highest BCUT2D eigenvalue weighted by atomic mass is 15.0. The standard InChI is InChI=1S/C17H25N/c1-2-3-6-13-9-10-16-15(11-13)12-17(18-16)14-7-4-5-8-14/h9-11,14,17-18H,2-8,12H2,1H3. The van der Waals surface area contributed by atoms with Crippen LogP contribution in [0.2, 0.25) is 0 Å². The number of anilines is 1. The highest BCUT2D eigenvalue weighted by Gasteiger charge is 2.29. The molecule has 0 bridgehead atoms. The van der Waals surface area contributed by atoms with Crippen LogP contribution in [0.1, 0.15) is 56.6 Å². The van der Waals surface area contributed by atoms with E-state index in [-0.39, 0.29) is 0 Å². The van der Waals surface area contributed by atoms with Crippen LogP contribution >= 0.6 is 0 Å². The Bertz CT molecular complexity index is 404. The van der Waals surface area contributed by atoms with Gasteiger partial charge < -0.3 is 5.32 Å². The average Bonchev–Trinajstić information content (AvgIpc) is 3.03. The molecule has 1 saturated carbocycles. The van der Waals surface area contributed by atoms with E-state index in [1.807, 2.05) is 0 Å². The molecule has 1 aromatic rings. The number of benzene rings is 1. The zero-order chi connectivity index (χ0) is 12.4. The van der Waals surface area contributed by atoms with Crippen molar-refractivity contribution in [3.05, 3.63) is 29.3 Å². The Labute approximate surface area is 111 Å². The van der Waals surface area contributed by atoms with Gasteiger partial charge in [-0.15, -0.1) is 0 Å². The summed E-state index contributed by atoms with van der Waals surface area (Å²) in [6.07, 6.45) is 10.9. The molecule has 1 aliphatic heterocycles. The third kappa shape index (κ3) is 2.41. The lowest BCUT2D eigenvalue weighted by Crippen LogP contribution is -2.24. The van der Waals surface area contributed by atoms with Crippen molar-refractivity contribution in [1.29, 1.82) is 0 Å². The van der Waals surface area contributed by atoms with Crippen LogP contribution in [-0.4, -0.2) is 6.04 Å². The molecule has 0 radical (unpaired) electrons. The molecule has 1 fully saturated rings. The quantitative estimate of drug-likeness (QED) is 0.817. The molecular formula is C17H25N. The van der Waals surface area contributed by atoms with Gasteiger partial charge in [0.1, 0.15) is 0 Å². The molecule has 0 saturated heterocycles. The minimum absolute atomic E-state index is 0.726. The Morgan fingerprint density at radius 1 is 1.22 bits per heavy atom. The summed E-state index contributed by atoms with van der Waals surface area (Å²) >= 11 is 0. The number of unbranched alkanes of at least 4 members (excludes halogenated alkanes) is 1. The maximum Gasteiger partial charge on any atom is 0.0376 e. The van der Waals surface area contributed by atoms with Crippen molar-refractivity contribution in [3.8, 4) is 0 Å². The summed E-state index contributed by atoms with van der Waals surface area (Å²) in [5, 5.41) is 3.76. The summed E-state index contributed by atoms with van der Waals surface area (Å²) in [4.78, 5) is 0. The SMILES string of the molecule is CCCCc1ccc2c(c1)CC(C1CCCC1)N2. The molecule has 1 unspecified atom stereocenters. The maximum atomic E-state index is 3.76. The van der Waals surface area contributed by atoms with E-state index in [1.165, 1.54) is 62.6 Å². The zero-order valence-electron chi connectivity index (χ0n) is 11.5. The number of fused-ring (bicyclic) bond motifs is 1. The van der Waals surface area contributed by atoms with Crippen LogP contribution in [0.25, 0.3) is 0 Å². The first-order valence-electron chi connectivity index (χ1n) is 7.75. The maximum absolute atomic E-state index is 3.76. The summed E-state index contributed by atoms with van der Waals surface area (Å²) < 4.78 is 0. The third-order valence-electron chi connectivity index (χ3n) is 4.74. The molecule has 1 heterocycles. The summed E-state index contributed by atoms with van der Waals surface area (Å²) in [5.41, 5.74) is 4.51. The number of hydrogen-bond donors (Lipinski definition) is 1. The summed E-state index contributed by atoms with van der Waals surface area (Å²) in [7, 11) is 0. The lowest BCUT2D eigenvalue weighted by Gasteiger charge is -2.18. The first kappa shape index (κ1) is 12.1. The first-order valence-corrected chi connectivity index (χ1v) is 7.75. The van der Waals surface area contributed by atoms with Gasteiger partial charge in [-0.05, 0) is 55.2 Å². The van der Waals surface area contributed by atoms with Crippen molar-refractivity contribution in [2.75, 3.05) is 5.32 Å². The minimum Gasteiger partial charge on any atom is -0.381 e. The minimum atomic E-state index is 0.726. The van der Waals surface area contributed by atoms with E-state index in [0.717, 1.165) is 12.0 Å². The van der Waals surface area contributed by atoms with Crippen LogP contribution in [0.15, 0.2) is 18.2 Å². The molecule has 1 aliphatic carbocycles. The second-order valence-corrected chi connectivity index (χ2v) is 6.09. The monoisotopic (exact) mass is 243 g/mol. The molecule has 3 rings (SSSR count). The first-order chi connectivity index (χ1) is 8.86. The molecule has 1 N–H and O–H groups in total. The van der Waals surface area contributed by atoms with Gasteiger partial charge in [-0.25, -0.2) is 0 Å². The van der Waals surface area contributed by atoms with E-state index in [1.54, 1.807) is 5.56 Å². The van der Waals surface area contributed by atoms with Gasteiger partial charge in [0.25, 0.3) is 0 Å². The summed E-state index contributed by atoms with van der Waals surface area (Å²) in [6.45, 7) is 2.27. The average molecular weight is 243 g/mol. The van der Waals surface area contributed by atoms with Crippen molar-refractivity contribution >= 4 is 5.69 Å². The Morgan fingerprint density at radius 2 is 2.06 bits per heavy atom. The molecule has 0 aromatic heterocycles. The van der Waals surface area contributed by atoms with Gasteiger partial charge in [0.2, 0.25) is 0 Å². The van der Waals surface area contributed by atoms with Crippen LogP contribution < -0.4 is 5.32 Å². The molecule has 1 aromatic carbocycles. The Kier molecular flexibility index (Phi) is 3.58. The largest absolute Gasteiger partial charge is 0.381 e. The summed E-state index contributed by atoms with van der Waals surface area (Å²) in [5.74, 6) is 0.927. The number of nitrogens with one attached hydrogen (secondary N) is 1. The topological polar surface area (TPSA) is 12.0 Å². The second kappa shape index (κ2) is 5.34. The van der Waals surface area contributed by atoms with Crippen molar-refractivity contribution < 1.29 is 0 Å². The fourth-order valence-corrected chi connectivity index (χ4v) is 3.63.